The molecule has 0 N–H and O–H groups in total. The van der Waals surface area contributed by atoms with Crippen LogP contribution in [0.1, 0.15) is 45.1 Å². The van der Waals surface area contributed by atoms with Gasteiger partial charge in [-0.15, -0.1) is 0 Å². The molecule has 1 aliphatic rings. The van der Waals surface area contributed by atoms with Gasteiger partial charge in [0.15, 0.2) is 0 Å². The van der Waals surface area contributed by atoms with Crippen LogP contribution in [0.3, 0.4) is 0 Å². The summed E-state index contributed by atoms with van der Waals surface area (Å²) < 4.78 is 7.52. The Kier molecular flexibility index (Phi) is 4.72. The van der Waals surface area contributed by atoms with Crippen molar-refractivity contribution < 1.29 is 0 Å². The first kappa shape index (κ1) is 13.2. The summed E-state index contributed by atoms with van der Waals surface area (Å²) in [5.74, 6) is 0. The van der Waals surface area contributed by atoms with Crippen molar-refractivity contribution in [1.29, 1.82) is 0 Å². The molecule has 0 atom stereocenters. The van der Waals surface area contributed by atoms with Gasteiger partial charge in [0.05, 0.1) is 0 Å². The van der Waals surface area contributed by atoms with E-state index in [1.54, 1.807) is 3.58 Å². The quantitative estimate of drug-likeness (QED) is 0.671. The summed E-state index contributed by atoms with van der Waals surface area (Å²) in [5, 5.41) is 0. The molecule has 0 saturated heterocycles. The van der Waals surface area contributed by atoms with Gasteiger partial charge in [-0.3, -0.25) is 0 Å². The van der Waals surface area contributed by atoms with E-state index in [1.807, 2.05) is 0 Å². The second-order valence-electron chi connectivity index (χ2n) is 5.28. The second kappa shape index (κ2) is 6.08. The average molecular weight is 335 g/mol. The predicted octanol–water partition coefficient (Wildman–Crippen LogP) is 4.51. The van der Waals surface area contributed by atoms with Crippen LogP contribution in [0.2, 0.25) is 8.87 Å². The van der Waals surface area contributed by atoms with Crippen LogP contribution in [-0.2, 0) is 0 Å². The van der Waals surface area contributed by atoms with E-state index in [4.69, 9.17) is 0 Å². The molecule has 0 unspecified atom stereocenters. The van der Waals surface area contributed by atoms with Gasteiger partial charge < -0.3 is 0 Å². The maximum atomic E-state index is 2.69. The topological polar surface area (TPSA) is 0 Å². The van der Waals surface area contributed by atoms with Crippen molar-refractivity contribution >= 4 is 28.0 Å². The van der Waals surface area contributed by atoms with Gasteiger partial charge in [-0.25, -0.2) is 0 Å². The van der Waals surface area contributed by atoms with Gasteiger partial charge in [0.25, 0.3) is 0 Å². The number of hydrogen-bond acceptors (Lipinski definition) is 0. The summed E-state index contributed by atoms with van der Waals surface area (Å²) in [6.45, 7) is 4.65. The third-order valence-electron chi connectivity index (χ3n) is 4.03. The Bertz CT molecular complexity index is 384. The Morgan fingerprint density at radius 3 is 2.24 bits per heavy atom. The van der Waals surface area contributed by atoms with Crippen LogP contribution >= 0.6 is 0 Å². The molecular formula is C16H24Sn. The first-order chi connectivity index (χ1) is 8.32. The first-order valence-corrected chi connectivity index (χ1v) is 14.2. The fraction of sp³-hybridized carbons (Fsp3) is 0.500. The van der Waals surface area contributed by atoms with Crippen molar-refractivity contribution in [3.8, 4) is 0 Å². The average Bonchev–Trinajstić information content (AvgIpc) is 2.74. The van der Waals surface area contributed by atoms with Gasteiger partial charge in [0.2, 0.25) is 0 Å². The summed E-state index contributed by atoms with van der Waals surface area (Å²) in [5.41, 5.74) is 1.54. The summed E-state index contributed by atoms with van der Waals surface area (Å²) in [6.07, 6.45) is 7.98. The number of benzene rings is 1. The van der Waals surface area contributed by atoms with E-state index >= 15 is 0 Å². The molecule has 1 aromatic rings. The van der Waals surface area contributed by atoms with Crippen LogP contribution in [0, 0.1) is 0 Å². The zero-order chi connectivity index (χ0) is 12.1. The minimum absolute atomic E-state index is 1.35. The van der Waals surface area contributed by atoms with E-state index in [-0.39, 0.29) is 0 Å². The van der Waals surface area contributed by atoms with Gasteiger partial charge in [-0.05, 0) is 0 Å². The summed E-state index contributed by atoms with van der Waals surface area (Å²) in [6, 6.07) is 9.17. The van der Waals surface area contributed by atoms with Crippen LogP contribution in [0.25, 0.3) is 6.08 Å². The molecule has 0 saturated carbocycles. The third kappa shape index (κ3) is 2.78. The molecule has 1 heteroatoms. The molecule has 0 nitrogen and oxygen atoms in total. The van der Waals surface area contributed by atoms with E-state index in [0.29, 0.717) is 0 Å². The number of unbranched alkanes of at least 4 members (excludes halogenated alkanes) is 2. The molecule has 0 amide bonds. The van der Waals surface area contributed by atoms with E-state index in [0.717, 1.165) is 0 Å². The van der Waals surface area contributed by atoms with Gasteiger partial charge in [-0.1, -0.05) is 0 Å². The zero-order valence-electron chi connectivity index (χ0n) is 11.2. The van der Waals surface area contributed by atoms with Crippen molar-refractivity contribution in [3.63, 3.8) is 0 Å². The molecule has 1 heterocycles. The first-order valence-electron chi connectivity index (χ1n) is 7.11. The van der Waals surface area contributed by atoms with Crippen molar-refractivity contribution in [1.82, 2.24) is 0 Å². The molecule has 0 spiro atoms. The van der Waals surface area contributed by atoms with Gasteiger partial charge in [-0.2, -0.15) is 0 Å². The van der Waals surface area contributed by atoms with Gasteiger partial charge in [0, 0.05) is 0 Å². The van der Waals surface area contributed by atoms with Crippen molar-refractivity contribution in [2.24, 2.45) is 0 Å². The molecule has 0 aromatic heterocycles. The number of fused-ring (bicyclic) bond motifs is 1. The Labute approximate surface area is 110 Å². The summed E-state index contributed by atoms with van der Waals surface area (Å²) in [7, 11) is 0. The molecule has 0 radical (unpaired) electrons. The Morgan fingerprint density at radius 2 is 1.59 bits per heavy atom. The molecule has 0 fully saturated rings. The number of hydrogen-bond donors (Lipinski definition) is 0. The standard InChI is InChI=1S/C8H6.2C4H9.Sn/c1-2-8-6-4-3-5-7-8;2*1-3-4-2;/h1-6H;2*1,3-4H2,2H3;. The minimum atomic E-state index is -2.11. The van der Waals surface area contributed by atoms with Gasteiger partial charge in [0.1, 0.15) is 0 Å². The fourth-order valence-corrected chi connectivity index (χ4v) is 17.1. The van der Waals surface area contributed by atoms with Gasteiger partial charge >= 0.3 is 110 Å². The molecule has 1 aromatic carbocycles. The molecule has 2 rings (SSSR count). The SMILES string of the molecule is CCC[CH2][Sn]1([CH2]CCC)[CH]=Cc2cccc[c]21. The van der Waals surface area contributed by atoms with E-state index in [2.05, 4.69) is 48.3 Å². The molecule has 0 aliphatic carbocycles. The van der Waals surface area contributed by atoms with Crippen molar-refractivity contribution in [2.75, 3.05) is 0 Å². The van der Waals surface area contributed by atoms with Crippen LogP contribution in [0.5, 0.6) is 0 Å². The second-order valence-corrected chi connectivity index (χ2v) is 17.2. The maximum absolute atomic E-state index is 2.69. The van der Waals surface area contributed by atoms with Crippen LogP contribution in [0.4, 0.5) is 0 Å². The van der Waals surface area contributed by atoms with Crippen molar-refractivity contribution in [3.05, 3.63) is 33.9 Å². The van der Waals surface area contributed by atoms with Crippen LogP contribution in [-0.4, -0.2) is 18.4 Å². The summed E-state index contributed by atoms with van der Waals surface area (Å²) >= 11 is -2.11. The predicted molar refractivity (Wildman–Crippen MR) is 80.3 cm³/mol. The van der Waals surface area contributed by atoms with E-state index in [9.17, 15) is 0 Å². The molecule has 0 bridgehead atoms. The monoisotopic (exact) mass is 336 g/mol. The van der Waals surface area contributed by atoms with Crippen LogP contribution in [0.15, 0.2) is 28.4 Å². The fourth-order valence-electron chi connectivity index (χ4n) is 2.98. The van der Waals surface area contributed by atoms with Crippen LogP contribution < -0.4 is 3.58 Å². The molecule has 17 heavy (non-hydrogen) atoms. The Morgan fingerprint density at radius 1 is 0.941 bits per heavy atom. The molecular weight excluding hydrogens is 311 g/mol. The van der Waals surface area contributed by atoms with E-state index < -0.39 is 18.4 Å². The van der Waals surface area contributed by atoms with E-state index in [1.165, 1.54) is 40.1 Å². The molecule has 92 valence electrons. The normalized spacial score (nSPS) is 16.1. The van der Waals surface area contributed by atoms with Crippen molar-refractivity contribution in [2.45, 2.75) is 48.4 Å². The summed E-state index contributed by atoms with van der Waals surface area (Å²) in [4.78, 5) is 0. The molecule has 1 aliphatic heterocycles. The zero-order valence-corrected chi connectivity index (χ0v) is 14.1. The third-order valence-corrected chi connectivity index (χ3v) is 17.8. The Hall–Kier alpha value is -0.241. The number of rotatable bonds is 6. The Balaban J connectivity index is 2.26.